The molecule has 2 aromatic heterocycles. The van der Waals surface area contributed by atoms with Crippen molar-refractivity contribution >= 4 is 5.95 Å². The van der Waals surface area contributed by atoms with E-state index in [1.54, 1.807) is 12.1 Å². The number of anilines is 1. The number of rotatable bonds is 5. The molecule has 3 fully saturated rings. The minimum absolute atomic E-state index is 0.103. The fourth-order valence-corrected chi connectivity index (χ4v) is 5.42. The van der Waals surface area contributed by atoms with E-state index in [0.717, 1.165) is 42.9 Å². The number of aryl methyl sites for hydroxylation is 1. The first-order valence-corrected chi connectivity index (χ1v) is 12.0. The maximum absolute atomic E-state index is 15.3. The third-order valence-corrected chi connectivity index (χ3v) is 7.40. The van der Waals surface area contributed by atoms with Crippen molar-refractivity contribution in [2.24, 2.45) is 7.05 Å². The van der Waals surface area contributed by atoms with Gasteiger partial charge in [0.1, 0.15) is 23.4 Å². The van der Waals surface area contributed by atoms with Crippen LogP contribution in [-0.2, 0) is 7.05 Å². The first-order valence-electron chi connectivity index (χ1n) is 12.0. The summed E-state index contributed by atoms with van der Waals surface area (Å²) in [7, 11) is 1.47. The third-order valence-electron chi connectivity index (χ3n) is 7.40. The van der Waals surface area contributed by atoms with Gasteiger partial charge in [-0.1, -0.05) is 6.07 Å². The monoisotopic (exact) mass is 480 g/mol. The second-order valence-electron chi connectivity index (χ2n) is 9.79. The average molecular weight is 481 g/mol. The van der Waals surface area contributed by atoms with Crippen molar-refractivity contribution in [3.63, 3.8) is 0 Å². The van der Waals surface area contributed by atoms with Gasteiger partial charge in [0.15, 0.2) is 0 Å². The summed E-state index contributed by atoms with van der Waals surface area (Å²) in [6.07, 6.45) is 6.19. The number of piperidine rings is 1. The Kier molecular flexibility index (Phi) is 5.28. The highest BCUT2D eigenvalue weighted by atomic mass is 19.1. The third kappa shape index (κ3) is 3.95. The molecule has 0 spiro atoms. The zero-order valence-electron chi connectivity index (χ0n) is 19.2. The van der Waals surface area contributed by atoms with E-state index in [9.17, 15) is 14.3 Å². The Morgan fingerprint density at radius 3 is 2.69 bits per heavy atom. The van der Waals surface area contributed by atoms with Crippen LogP contribution in [0.4, 0.5) is 14.7 Å². The molecule has 2 saturated heterocycles. The number of halogens is 2. The lowest BCUT2D eigenvalue weighted by Crippen LogP contribution is -2.57. The first kappa shape index (κ1) is 22.1. The molecule has 0 amide bonds. The Hall–Kier alpha value is -3.40. The molecule has 2 aliphatic heterocycles. The number of nitrogens with one attached hydrogen (secondary N) is 1. The van der Waals surface area contributed by atoms with E-state index in [2.05, 4.69) is 20.5 Å². The van der Waals surface area contributed by atoms with Gasteiger partial charge < -0.3 is 19.9 Å². The predicted octanol–water partition coefficient (Wildman–Crippen LogP) is 2.95. The molecule has 4 atom stereocenters. The highest BCUT2D eigenvalue weighted by Gasteiger charge is 2.48. The number of fused-ring (bicyclic) bond motifs is 2. The SMILES string of the molecule is Cn1cc(F)c(-c2ccc(-c3cnc(N(C4CC4)[C@@H]4C[C@@H]5CC[C@H](N5)[C@@H]4F)nn3)c(O)c2)cc1=O. The summed E-state index contributed by atoms with van der Waals surface area (Å²) in [5, 5.41) is 22.6. The molecule has 0 unspecified atom stereocenters. The number of nitrogens with zero attached hydrogens (tertiary/aromatic N) is 5. The van der Waals surface area contributed by atoms with Crippen LogP contribution < -0.4 is 15.8 Å². The van der Waals surface area contributed by atoms with Gasteiger partial charge in [-0.3, -0.25) is 4.79 Å². The average Bonchev–Trinajstić information content (AvgIpc) is 3.59. The van der Waals surface area contributed by atoms with E-state index in [4.69, 9.17) is 0 Å². The normalized spacial score (nSPS) is 25.6. The van der Waals surface area contributed by atoms with Crippen LogP contribution in [-0.4, -0.2) is 55.2 Å². The molecule has 2 bridgehead atoms. The minimum Gasteiger partial charge on any atom is -0.507 e. The minimum atomic E-state index is -0.982. The molecule has 10 heteroatoms. The van der Waals surface area contributed by atoms with Crippen molar-refractivity contribution in [3.05, 3.63) is 52.8 Å². The van der Waals surface area contributed by atoms with Crippen LogP contribution in [0.5, 0.6) is 5.75 Å². The predicted molar refractivity (Wildman–Crippen MR) is 126 cm³/mol. The number of alkyl halides is 1. The number of hydrogen-bond donors (Lipinski definition) is 2. The van der Waals surface area contributed by atoms with E-state index in [0.29, 0.717) is 28.8 Å². The summed E-state index contributed by atoms with van der Waals surface area (Å²) in [5.41, 5.74) is 0.846. The van der Waals surface area contributed by atoms with Crippen LogP contribution >= 0.6 is 0 Å². The molecular weight excluding hydrogens is 454 g/mol. The van der Waals surface area contributed by atoms with Crippen LogP contribution in [0.15, 0.2) is 41.5 Å². The molecule has 0 radical (unpaired) electrons. The topological polar surface area (TPSA) is 96.2 Å². The number of phenolic OH excluding ortho intramolecular Hbond substituents is 1. The van der Waals surface area contributed by atoms with Crippen molar-refractivity contribution in [2.45, 2.75) is 62.4 Å². The molecule has 4 heterocycles. The number of aromatic nitrogens is 4. The van der Waals surface area contributed by atoms with Gasteiger partial charge in [0.25, 0.3) is 5.56 Å². The Morgan fingerprint density at radius 2 is 1.97 bits per heavy atom. The largest absolute Gasteiger partial charge is 0.507 e. The van der Waals surface area contributed by atoms with Crippen molar-refractivity contribution in [3.8, 4) is 28.1 Å². The number of hydrogen-bond acceptors (Lipinski definition) is 7. The summed E-state index contributed by atoms with van der Waals surface area (Å²) < 4.78 is 30.8. The van der Waals surface area contributed by atoms with Gasteiger partial charge in [0.05, 0.1) is 12.2 Å². The molecule has 182 valence electrons. The van der Waals surface area contributed by atoms with Gasteiger partial charge in [-0.2, -0.15) is 0 Å². The summed E-state index contributed by atoms with van der Waals surface area (Å²) in [6.45, 7) is 0. The quantitative estimate of drug-likeness (QED) is 0.580. The van der Waals surface area contributed by atoms with Crippen molar-refractivity contribution in [1.82, 2.24) is 25.1 Å². The zero-order valence-corrected chi connectivity index (χ0v) is 19.2. The number of pyridine rings is 1. The molecule has 1 aromatic carbocycles. The Bertz CT molecular complexity index is 1330. The van der Waals surface area contributed by atoms with Gasteiger partial charge in [-0.15, -0.1) is 10.2 Å². The first-order chi connectivity index (χ1) is 16.9. The van der Waals surface area contributed by atoms with Crippen molar-refractivity contribution < 1.29 is 13.9 Å². The fraction of sp³-hybridized carbons (Fsp3) is 0.440. The van der Waals surface area contributed by atoms with Gasteiger partial charge in [0.2, 0.25) is 5.95 Å². The fourth-order valence-electron chi connectivity index (χ4n) is 5.42. The van der Waals surface area contributed by atoms with Crippen LogP contribution in [0.3, 0.4) is 0 Å². The smallest absolute Gasteiger partial charge is 0.251 e. The maximum atomic E-state index is 15.3. The van der Waals surface area contributed by atoms with Crippen LogP contribution in [0, 0.1) is 5.82 Å². The lowest BCUT2D eigenvalue weighted by Gasteiger charge is -2.40. The van der Waals surface area contributed by atoms with Gasteiger partial charge >= 0.3 is 0 Å². The molecule has 3 aromatic rings. The summed E-state index contributed by atoms with van der Waals surface area (Å²) in [6, 6.07) is 5.95. The molecule has 1 saturated carbocycles. The van der Waals surface area contributed by atoms with E-state index in [-0.39, 0.29) is 35.0 Å². The van der Waals surface area contributed by atoms with Crippen LogP contribution in [0.2, 0.25) is 0 Å². The lowest BCUT2D eigenvalue weighted by atomic mass is 9.96. The van der Waals surface area contributed by atoms with Crippen LogP contribution in [0.1, 0.15) is 32.1 Å². The lowest BCUT2D eigenvalue weighted by molar-refractivity contribution is 0.171. The van der Waals surface area contributed by atoms with Crippen molar-refractivity contribution in [2.75, 3.05) is 4.90 Å². The number of phenols is 1. The summed E-state index contributed by atoms with van der Waals surface area (Å²) in [4.78, 5) is 18.4. The Morgan fingerprint density at radius 1 is 1.14 bits per heavy atom. The standard InChI is InChI=1S/C25H26F2N6O2/c1-32-12-18(26)17(10-23(32)35)13-2-6-16(22(34)8-13)20-11-28-25(31-30-20)33(15-4-5-15)21-9-14-3-7-19(29-14)24(21)27/h2,6,8,10-12,14-15,19,21,24,29,34H,3-5,7,9H2,1H3/t14-,19-,21+,24-/m0/s1. The molecule has 8 nitrogen and oxygen atoms in total. The molecule has 1 aliphatic carbocycles. The number of aromatic hydroxyl groups is 1. The molecule has 2 N–H and O–H groups in total. The summed E-state index contributed by atoms with van der Waals surface area (Å²) >= 11 is 0. The Balaban J connectivity index is 1.28. The van der Waals surface area contributed by atoms with Gasteiger partial charge in [-0.05, 0) is 49.8 Å². The van der Waals surface area contributed by atoms with Crippen LogP contribution in [0.25, 0.3) is 22.4 Å². The maximum Gasteiger partial charge on any atom is 0.251 e. The number of benzene rings is 1. The van der Waals surface area contributed by atoms with E-state index < -0.39 is 12.0 Å². The Labute approximate surface area is 200 Å². The summed E-state index contributed by atoms with van der Waals surface area (Å²) in [5.74, 6) is -0.296. The zero-order chi connectivity index (χ0) is 24.3. The molecular formula is C25H26F2N6O2. The second-order valence-corrected chi connectivity index (χ2v) is 9.79. The van der Waals surface area contributed by atoms with E-state index in [1.165, 1.54) is 25.4 Å². The van der Waals surface area contributed by atoms with Crippen molar-refractivity contribution in [1.29, 1.82) is 0 Å². The molecule has 35 heavy (non-hydrogen) atoms. The molecule has 3 aliphatic rings. The van der Waals surface area contributed by atoms with Gasteiger partial charge in [-0.25, -0.2) is 13.8 Å². The van der Waals surface area contributed by atoms with Gasteiger partial charge in [0, 0.05) is 48.6 Å². The second kappa shape index (κ2) is 8.37. The molecule has 6 rings (SSSR count). The van der Waals surface area contributed by atoms with E-state index >= 15 is 4.39 Å². The highest BCUT2D eigenvalue weighted by Crippen LogP contribution is 2.40. The highest BCUT2D eigenvalue weighted by molar-refractivity contribution is 5.74. The van der Waals surface area contributed by atoms with E-state index in [1.807, 2.05) is 4.90 Å².